The summed E-state index contributed by atoms with van der Waals surface area (Å²) in [6.07, 6.45) is 2.83. The first kappa shape index (κ1) is 18.4. The highest BCUT2D eigenvalue weighted by atomic mass is 32.2. The molecule has 2 aliphatic rings. The molecular formula is C19H28N2O3S. The Kier molecular flexibility index (Phi) is 6.87. The lowest BCUT2D eigenvalue weighted by molar-refractivity contribution is -0.132. The van der Waals surface area contributed by atoms with Crippen molar-refractivity contribution in [2.45, 2.75) is 31.1 Å². The first-order chi connectivity index (χ1) is 12.3. The molecule has 0 atom stereocenters. The van der Waals surface area contributed by atoms with Crippen LogP contribution in [0.3, 0.4) is 0 Å². The van der Waals surface area contributed by atoms with E-state index in [0.29, 0.717) is 19.6 Å². The van der Waals surface area contributed by atoms with Gasteiger partial charge in [0, 0.05) is 30.2 Å². The molecule has 0 radical (unpaired) electrons. The maximum Gasteiger partial charge on any atom is 0.223 e. The van der Waals surface area contributed by atoms with Crippen LogP contribution in [0, 0.1) is 5.92 Å². The summed E-state index contributed by atoms with van der Waals surface area (Å²) in [6.45, 7) is 7.27. The Morgan fingerprint density at radius 2 is 2.00 bits per heavy atom. The van der Waals surface area contributed by atoms with Gasteiger partial charge in [-0.05, 0) is 50.0 Å². The number of nitrogens with zero attached hydrogens (tertiary/aromatic N) is 1. The molecular weight excluding hydrogens is 336 g/mol. The van der Waals surface area contributed by atoms with Crippen molar-refractivity contribution in [1.29, 1.82) is 0 Å². The standard InChI is InChI=1S/C19H28N2O3S/c1-2-20-14-15-5-8-21(9-6-15)19(22)7-12-25-16-3-4-17-18(13-16)24-11-10-23-17/h3-4,13,15,20H,2,5-12,14H2,1H3. The summed E-state index contributed by atoms with van der Waals surface area (Å²) in [7, 11) is 0. The van der Waals surface area contributed by atoms with Crippen molar-refractivity contribution in [2.75, 3.05) is 45.1 Å². The molecule has 1 aromatic rings. The van der Waals surface area contributed by atoms with Crippen LogP contribution in [0.25, 0.3) is 0 Å². The second kappa shape index (κ2) is 9.34. The Hall–Kier alpha value is -1.40. The molecule has 0 aromatic heterocycles. The average molecular weight is 365 g/mol. The molecule has 0 spiro atoms. The number of fused-ring (bicyclic) bond motifs is 1. The first-order valence-electron chi connectivity index (χ1n) is 9.27. The van der Waals surface area contributed by atoms with Gasteiger partial charge in [-0.25, -0.2) is 0 Å². The smallest absolute Gasteiger partial charge is 0.223 e. The van der Waals surface area contributed by atoms with Crippen molar-refractivity contribution >= 4 is 17.7 Å². The number of carbonyl (C=O) groups excluding carboxylic acids is 1. The summed E-state index contributed by atoms with van der Waals surface area (Å²) >= 11 is 1.70. The molecule has 0 unspecified atom stereocenters. The van der Waals surface area contributed by atoms with Crippen LogP contribution in [-0.4, -0.2) is 56.0 Å². The van der Waals surface area contributed by atoms with Gasteiger partial charge < -0.3 is 19.7 Å². The monoisotopic (exact) mass is 364 g/mol. The molecule has 25 heavy (non-hydrogen) atoms. The summed E-state index contributed by atoms with van der Waals surface area (Å²) in [6, 6.07) is 6.00. The van der Waals surface area contributed by atoms with Gasteiger partial charge in [-0.1, -0.05) is 6.92 Å². The highest BCUT2D eigenvalue weighted by Gasteiger charge is 2.22. The number of likely N-dealkylation sites (tertiary alicyclic amines) is 1. The van der Waals surface area contributed by atoms with Gasteiger partial charge >= 0.3 is 0 Å². The van der Waals surface area contributed by atoms with Gasteiger partial charge in [-0.15, -0.1) is 11.8 Å². The minimum atomic E-state index is 0.284. The Bertz CT molecular complexity index is 574. The van der Waals surface area contributed by atoms with Gasteiger partial charge in [0.2, 0.25) is 5.91 Å². The van der Waals surface area contributed by atoms with Gasteiger partial charge in [0.15, 0.2) is 11.5 Å². The number of amides is 1. The highest BCUT2D eigenvalue weighted by Crippen LogP contribution is 2.34. The molecule has 1 N–H and O–H groups in total. The second-order valence-electron chi connectivity index (χ2n) is 6.54. The molecule has 1 aromatic carbocycles. The van der Waals surface area contributed by atoms with Gasteiger partial charge in [0.05, 0.1) is 0 Å². The Morgan fingerprint density at radius 3 is 2.76 bits per heavy atom. The van der Waals surface area contributed by atoms with Crippen LogP contribution >= 0.6 is 11.8 Å². The van der Waals surface area contributed by atoms with Crippen LogP contribution in [0.1, 0.15) is 26.2 Å². The van der Waals surface area contributed by atoms with Gasteiger partial charge in [0.1, 0.15) is 13.2 Å². The van der Waals surface area contributed by atoms with Crippen molar-refractivity contribution < 1.29 is 14.3 Å². The molecule has 6 heteroatoms. The number of hydrogen-bond donors (Lipinski definition) is 1. The van der Waals surface area contributed by atoms with Crippen molar-refractivity contribution in [2.24, 2.45) is 5.92 Å². The third-order valence-electron chi connectivity index (χ3n) is 4.75. The normalized spacial score (nSPS) is 17.6. The number of thioether (sulfide) groups is 1. The van der Waals surface area contributed by atoms with E-state index in [9.17, 15) is 4.79 Å². The summed E-state index contributed by atoms with van der Waals surface area (Å²) in [5, 5.41) is 3.41. The zero-order valence-corrected chi connectivity index (χ0v) is 15.8. The molecule has 0 aliphatic carbocycles. The van der Waals surface area contributed by atoms with E-state index in [0.717, 1.165) is 67.1 Å². The Morgan fingerprint density at radius 1 is 1.24 bits per heavy atom. The molecule has 2 heterocycles. The zero-order chi connectivity index (χ0) is 17.5. The number of hydrogen-bond acceptors (Lipinski definition) is 5. The number of carbonyl (C=O) groups is 1. The zero-order valence-electron chi connectivity index (χ0n) is 15.0. The maximum absolute atomic E-state index is 12.4. The third kappa shape index (κ3) is 5.28. The van der Waals surface area contributed by atoms with E-state index in [1.54, 1.807) is 11.8 Å². The molecule has 1 fully saturated rings. The number of piperidine rings is 1. The van der Waals surface area contributed by atoms with E-state index in [2.05, 4.69) is 12.2 Å². The summed E-state index contributed by atoms with van der Waals surface area (Å²) in [5.41, 5.74) is 0. The lowest BCUT2D eigenvalue weighted by Crippen LogP contribution is -2.40. The van der Waals surface area contributed by atoms with Crippen LogP contribution in [0.4, 0.5) is 0 Å². The van der Waals surface area contributed by atoms with Crippen LogP contribution in [0.2, 0.25) is 0 Å². The number of benzene rings is 1. The fourth-order valence-corrected chi connectivity index (χ4v) is 4.13. The fourth-order valence-electron chi connectivity index (χ4n) is 3.26. The topological polar surface area (TPSA) is 50.8 Å². The Balaban J connectivity index is 1.38. The van der Waals surface area contributed by atoms with E-state index < -0.39 is 0 Å². The average Bonchev–Trinajstić information content (AvgIpc) is 2.66. The molecule has 5 nitrogen and oxygen atoms in total. The summed E-state index contributed by atoms with van der Waals surface area (Å²) in [5.74, 6) is 3.43. The summed E-state index contributed by atoms with van der Waals surface area (Å²) < 4.78 is 11.1. The van der Waals surface area contributed by atoms with Crippen LogP contribution in [-0.2, 0) is 4.79 Å². The predicted molar refractivity (Wildman–Crippen MR) is 101 cm³/mol. The number of nitrogens with one attached hydrogen (secondary N) is 1. The highest BCUT2D eigenvalue weighted by molar-refractivity contribution is 7.99. The minimum absolute atomic E-state index is 0.284. The van der Waals surface area contributed by atoms with E-state index in [-0.39, 0.29) is 5.91 Å². The maximum atomic E-state index is 12.4. The molecule has 1 amide bonds. The molecule has 0 bridgehead atoms. The van der Waals surface area contributed by atoms with Crippen molar-refractivity contribution in [1.82, 2.24) is 10.2 Å². The number of rotatable bonds is 7. The van der Waals surface area contributed by atoms with E-state index >= 15 is 0 Å². The second-order valence-corrected chi connectivity index (χ2v) is 7.70. The van der Waals surface area contributed by atoms with Crippen LogP contribution in [0.5, 0.6) is 11.5 Å². The minimum Gasteiger partial charge on any atom is -0.486 e. The first-order valence-corrected chi connectivity index (χ1v) is 10.3. The number of ether oxygens (including phenoxy) is 2. The molecule has 0 saturated carbocycles. The molecule has 2 aliphatic heterocycles. The molecule has 138 valence electrons. The van der Waals surface area contributed by atoms with Gasteiger partial charge in [0.25, 0.3) is 0 Å². The summed E-state index contributed by atoms with van der Waals surface area (Å²) in [4.78, 5) is 15.6. The lowest BCUT2D eigenvalue weighted by atomic mass is 9.96. The van der Waals surface area contributed by atoms with Crippen LogP contribution in [0.15, 0.2) is 23.1 Å². The van der Waals surface area contributed by atoms with Crippen molar-refractivity contribution in [3.05, 3.63) is 18.2 Å². The SMILES string of the molecule is CCNCC1CCN(C(=O)CCSc2ccc3c(c2)OCCO3)CC1. The van der Waals surface area contributed by atoms with E-state index in [1.165, 1.54) is 0 Å². The quantitative estimate of drug-likeness (QED) is 0.754. The Labute approximate surface area is 154 Å². The fraction of sp³-hybridized carbons (Fsp3) is 0.632. The van der Waals surface area contributed by atoms with Crippen molar-refractivity contribution in [3.8, 4) is 11.5 Å². The third-order valence-corrected chi connectivity index (χ3v) is 5.74. The van der Waals surface area contributed by atoms with Gasteiger partial charge in [-0.2, -0.15) is 0 Å². The van der Waals surface area contributed by atoms with Gasteiger partial charge in [-0.3, -0.25) is 4.79 Å². The van der Waals surface area contributed by atoms with E-state index in [4.69, 9.17) is 9.47 Å². The molecule has 3 rings (SSSR count). The van der Waals surface area contributed by atoms with Crippen LogP contribution < -0.4 is 14.8 Å². The lowest BCUT2D eigenvalue weighted by Gasteiger charge is -2.32. The largest absolute Gasteiger partial charge is 0.486 e. The van der Waals surface area contributed by atoms with E-state index in [1.807, 2.05) is 23.1 Å². The molecule has 1 saturated heterocycles. The predicted octanol–water partition coefficient (Wildman–Crippen LogP) is 2.79. The van der Waals surface area contributed by atoms with Crippen molar-refractivity contribution in [3.63, 3.8) is 0 Å².